The van der Waals surface area contributed by atoms with Crippen LogP contribution in [0.5, 0.6) is 23.0 Å². The molecule has 0 saturated heterocycles. The van der Waals surface area contributed by atoms with Crippen molar-refractivity contribution in [1.29, 1.82) is 0 Å². The maximum atomic E-state index is 10.2. The second-order valence-corrected chi connectivity index (χ2v) is 8.81. The van der Waals surface area contributed by atoms with Crippen LogP contribution < -0.4 is 9.47 Å². The summed E-state index contributed by atoms with van der Waals surface area (Å²) < 4.78 is 11.7. The number of aromatic hydroxyl groups is 2. The van der Waals surface area contributed by atoms with E-state index in [0.717, 1.165) is 36.8 Å². The lowest BCUT2D eigenvalue weighted by molar-refractivity contribution is 0.288. The quantitative estimate of drug-likeness (QED) is 0.309. The van der Waals surface area contributed by atoms with Gasteiger partial charge in [-0.2, -0.15) is 0 Å². The van der Waals surface area contributed by atoms with E-state index >= 15 is 0 Å². The van der Waals surface area contributed by atoms with Gasteiger partial charge in [0.1, 0.15) is 0 Å². The molecule has 0 aromatic heterocycles. The fourth-order valence-corrected chi connectivity index (χ4v) is 3.63. The summed E-state index contributed by atoms with van der Waals surface area (Å²) in [7, 11) is 0. The van der Waals surface area contributed by atoms with Crippen molar-refractivity contribution >= 4 is 0 Å². The predicted octanol–water partition coefficient (Wildman–Crippen LogP) is 7.34. The molecule has 172 valence electrons. The lowest BCUT2D eigenvalue weighted by atomic mass is 9.78. The number of rotatable bonds is 14. The van der Waals surface area contributed by atoms with E-state index in [-0.39, 0.29) is 16.9 Å². The van der Waals surface area contributed by atoms with Gasteiger partial charge in [-0.3, -0.25) is 0 Å². The van der Waals surface area contributed by atoms with Gasteiger partial charge in [0.2, 0.25) is 0 Å². The van der Waals surface area contributed by atoms with E-state index in [1.54, 1.807) is 12.1 Å². The molecule has 2 rings (SSSR count). The lowest BCUT2D eigenvalue weighted by Gasteiger charge is -2.27. The molecule has 4 heteroatoms. The highest BCUT2D eigenvalue weighted by atomic mass is 16.5. The maximum absolute atomic E-state index is 10.2. The summed E-state index contributed by atoms with van der Waals surface area (Å²) >= 11 is 0. The summed E-state index contributed by atoms with van der Waals surface area (Å²) in [6.07, 6.45) is 9.01. The van der Waals surface area contributed by atoms with Gasteiger partial charge in [-0.05, 0) is 48.2 Å². The summed E-state index contributed by atoms with van der Waals surface area (Å²) in [5.74, 6) is 1.37. The number of hydrogen-bond acceptors (Lipinski definition) is 4. The lowest BCUT2D eigenvalue weighted by Crippen LogP contribution is -2.19. The molecule has 2 aromatic rings. The molecule has 0 aliphatic heterocycles. The maximum Gasteiger partial charge on any atom is 0.161 e. The average Bonchev–Trinajstić information content (AvgIpc) is 2.75. The first kappa shape index (κ1) is 24.9. The third-order valence-electron chi connectivity index (χ3n) is 5.87. The number of unbranched alkanes of at least 4 members (excludes halogenated alkanes) is 6. The van der Waals surface area contributed by atoms with Gasteiger partial charge in [-0.25, -0.2) is 0 Å². The first-order chi connectivity index (χ1) is 14.9. The molecule has 2 aromatic carbocycles. The predicted molar refractivity (Wildman–Crippen MR) is 128 cm³/mol. The van der Waals surface area contributed by atoms with E-state index in [1.807, 2.05) is 24.3 Å². The molecule has 4 nitrogen and oxygen atoms in total. The highest BCUT2D eigenvalue weighted by Gasteiger charge is 2.25. The number of phenolic OH excluding ortho intramolecular Hbond substituents is 2. The van der Waals surface area contributed by atoms with Crippen molar-refractivity contribution in [2.45, 2.75) is 84.5 Å². The van der Waals surface area contributed by atoms with E-state index in [0.29, 0.717) is 24.7 Å². The van der Waals surface area contributed by atoms with Gasteiger partial charge in [-0.15, -0.1) is 0 Å². The normalized spacial score (nSPS) is 11.5. The minimum absolute atomic E-state index is 0.164. The van der Waals surface area contributed by atoms with Crippen molar-refractivity contribution in [3.05, 3.63) is 47.5 Å². The Bertz CT molecular complexity index is 732. The first-order valence-corrected chi connectivity index (χ1v) is 11.8. The average molecular weight is 429 g/mol. The van der Waals surface area contributed by atoms with Gasteiger partial charge in [0.25, 0.3) is 0 Å². The summed E-state index contributed by atoms with van der Waals surface area (Å²) in [5.41, 5.74) is 1.73. The van der Waals surface area contributed by atoms with E-state index in [9.17, 15) is 10.2 Å². The molecule has 0 atom stereocenters. The summed E-state index contributed by atoms with van der Waals surface area (Å²) in [4.78, 5) is 0. The Labute approximate surface area is 188 Å². The molecule has 0 heterocycles. The van der Waals surface area contributed by atoms with Crippen LogP contribution in [0, 0.1) is 0 Å². The third-order valence-corrected chi connectivity index (χ3v) is 5.87. The Hall–Kier alpha value is -2.36. The molecule has 0 fully saturated rings. The van der Waals surface area contributed by atoms with Crippen LogP contribution in [0.1, 0.15) is 90.2 Å². The van der Waals surface area contributed by atoms with Crippen LogP contribution in [0.4, 0.5) is 0 Å². The van der Waals surface area contributed by atoms with Gasteiger partial charge in [-0.1, -0.05) is 78.4 Å². The SMILES string of the molecule is CCCCCCOc1cc(C(C)(C)c2ccc(O)c(OCCCCCC)c2)ccc1O. The minimum Gasteiger partial charge on any atom is -0.504 e. The highest BCUT2D eigenvalue weighted by molar-refractivity contribution is 5.50. The molecule has 0 aliphatic carbocycles. The first-order valence-electron chi connectivity index (χ1n) is 11.8. The molecule has 0 unspecified atom stereocenters. The fraction of sp³-hybridized carbons (Fsp3) is 0.556. The molecular formula is C27H40O4. The van der Waals surface area contributed by atoms with Gasteiger partial charge in [0.05, 0.1) is 13.2 Å². The van der Waals surface area contributed by atoms with Crippen molar-refractivity contribution in [2.24, 2.45) is 0 Å². The number of benzene rings is 2. The summed E-state index contributed by atoms with van der Waals surface area (Å²) in [5, 5.41) is 20.5. The van der Waals surface area contributed by atoms with Crippen molar-refractivity contribution in [3.63, 3.8) is 0 Å². The zero-order valence-electron chi connectivity index (χ0n) is 19.7. The van der Waals surface area contributed by atoms with E-state index < -0.39 is 0 Å². The largest absolute Gasteiger partial charge is 0.504 e. The van der Waals surface area contributed by atoms with Crippen LogP contribution in [-0.2, 0) is 5.41 Å². The van der Waals surface area contributed by atoms with Crippen LogP contribution in [0.25, 0.3) is 0 Å². The van der Waals surface area contributed by atoms with E-state index in [1.165, 1.54) is 25.7 Å². The van der Waals surface area contributed by atoms with Crippen molar-refractivity contribution < 1.29 is 19.7 Å². The van der Waals surface area contributed by atoms with Gasteiger partial charge in [0, 0.05) is 5.41 Å². The van der Waals surface area contributed by atoms with Crippen LogP contribution in [-0.4, -0.2) is 23.4 Å². The molecule has 31 heavy (non-hydrogen) atoms. The molecule has 2 N–H and O–H groups in total. The molecule has 0 aliphatic rings. The third kappa shape index (κ3) is 7.37. The second-order valence-electron chi connectivity index (χ2n) is 8.81. The zero-order chi connectivity index (χ0) is 22.7. The molecule has 0 amide bonds. The molecule has 0 spiro atoms. The Morgan fingerprint density at radius 1 is 0.645 bits per heavy atom. The Balaban J connectivity index is 2.13. The fourth-order valence-electron chi connectivity index (χ4n) is 3.63. The van der Waals surface area contributed by atoms with Gasteiger partial charge >= 0.3 is 0 Å². The Morgan fingerprint density at radius 2 is 1.06 bits per heavy atom. The number of hydrogen-bond donors (Lipinski definition) is 2. The zero-order valence-corrected chi connectivity index (χ0v) is 19.7. The minimum atomic E-state index is -0.345. The summed E-state index contributed by atoms with van der Waals surface area (Å²) in [6, 6.07) is 11.1. The van der Waals surface area contributed by atoms with Crippen molar-refractivity contribution in [2.75, 3.05) is 13.2 Å². The monoisotopic (exact) mass is 428 g/mol. The highest BCUT2D eigenvalue weighted by Crippen LogP contribution is 2.39. The Kier molecular flexibility index (Phi) is 10.0. The molecule has 0 bridgehead atoms. The number of phenols is 2. The van der Waals surface area contributed by atoms with Crippen LogP contribution >= 0.6 is 0 Å². The number of ether oxygens (including phenoxy) is 2. The molecule has 0 saturated carbocycles. The molecular weight excluding hydrogens is 388 g/mol. The van der Waals surface area contributed by atoms with Gasteiger partial charge < -0.3 is 19.7 Å². The molecule has 0 radical (unpaired) electrons. The smallest absolute Gasteiger partial charge is 0.161 e. The van der Waals surface area contributed by atoms with E-state index in [2.05, 4.69) is 27.7 Å². The van der Waals surface area contributed by atoms with Gasteiger partial charge in [0.15, 0.2) is 23.0 Å². The second kappa shape index (κ2) is 12.5. The van der Waals surface area contributed by atoms with Crippen LogP contribution in [0.3, 0.4) is 0 Å². The van der Waals surface area contributed by atoms with Crippen molar-refractivity contribution in [1.82, 2.24) is 0 Å². The Morgan fingerprint density at radius 3 is 1.45 bits per heavy atom. The standard InChI is InChI=1S/C27H40O4/c1-5-7-9-11-17-30-25-19-21(13-15-23(25)28)27(3,4)22-14-16-24(29)26(20-22)31-18-12-10-8-6-2/h13-16,19-20,28-29H,5-12,17-18H2,1-4H3. The summed E-state index contributed by atoms with van der Waals surface area (Å²) in [6.45, 7) is 9.83. The topological polar surface area (TPSA) is 58.9 Å². The van der Waals surface area contributed by atoms with Crippen molar-refractivity contribution in [3.8, 4) is 23.0 Å². The van der Waals surface area contributed by atoms with E-state index in [4.69, 9.17) is 9.47 Å². The van der Waals surface area contributed by atoms with Crippen LogP contribution in [0.15, 0.2) is 36.4 Å². The van der Waals surface area contributed by atoms with Crippen LogP contribution in [0.2, 0.25) is 0 Å².